The zero-order chi connectivity index (χ0) is 19.6. The summed E-state index contributed by atoms with van der Waals surface area (Å²) in [5.41, 5.74) is 8.12. The first-order chi connectivity index (χ1) is 13.0. The molecule has 2 aromatic carbocycles. The van der Waals surface area contributed by atoms with Crippen LogP contribution in [0.4, 0.5) is 0 Å². The van der Waals surface area contributed by atoms with E-state index in [2.05, 4.69) is 11.8 Å². The first kappa shape index (κ1) is 18.9. The highest BCUT2D eigenvalue weighted by Gasteiger charge is 2.26. The number of hydrogen-bond donors (Lipinski definition) is 2. The van der Waals surface area contributed by atoms with E-state index in [1.807, 2.05) is 12.1 Å². The molecule has 0 bridgehead atoms. The Bertz CT molecular complexity index is 875. The van der Waals surface area contributed by atoms with Gasteiger partial charge < -0.3 is 29.8 Å². The minimum atomic E-state index is 0.0924. The second-order valence-electron chi connectivity index (χ2n) is 6.44. The van der Waals surface area contributed by atoms with Crippen molar-refractivity contribution in [1.82, 2.24) is 0 Å². The molecule has 1 atom stereocenters. The third-order valence-electron chi connectivity index (χ3n) is 4.88. The SMILES string of the molecule is COc1ccc(C2=CC([NH3+])CCc3c2cc(OC)c(OC)c3OC)cc1O. The fourth-order valence-electron chi connectivity index (χ4n) is 3.55. The summed E-state index contributed by atoms with van der Waals surface area (Å²) in [5.74, 6) is 2.38. The van der Waals surface area contributed by atoms with Crippen LogP contribution < -0.4 is 24.7 Å². The summed E-state index contributed by atoms with van der Waals surface area (Å²) in [5, 5.41) is 10.3. The minimum Gasteiger partial charge on any atom is -0.504 e. The van der Waals surface area contributed by atoms with Gasteiger partial charge in [0, 0.05) is 12.0 Å². The quantitative estimate of drug-likeness (QED) is 0.842. The van der Waals surface area contributed by atoms with Crippen molar-refractivity contribution in [2.45, 2.75) is 18.9 Å². The van der Waals surface area contributed by atoms with E-state index in [0.717, 1.165) is 35.1 Å². The maximum absolute atomic E-state index is 10.3. The maximum atomic E-state index is 10.3. The molecule has 6 nitrogen and oxygen atoms in total. The fraction of sp³-hybridized carbons (Fsp3) is 0.333. The van der Waals surface area contributed by atoms with Gasteiger partial charge in [0.15, 0.2) is 23.0 Å². The number of phenols is 1. The van der Waals surface area contributed by atoms with Crippen LogP contribution >= 0.6 is 0 Å². The first-order valence-corrected chi connectivity index (χ1v) is 8.78. The average Bonchev–Trinajstić information content (AvgIpc) is 2.85. The number of quaternary nitrogens is 1. The Morgan fingerprint density at radius 2 is 1.63 bits per heavy atom. The smallest absolute Gasteiger partial charge is 0.203 e. The normalized spacial score (nSPS) is 16.0. The lowest BCUT2D eigenvalue weighted by molar-refractivity contribution is -0.403. The number of aromatic hydroxyl groups is 1. The van der Waals surface area contributed by atoms with Crippen LogP contribution in [0.15, 0.2) is 30.3 Å². The van der Waals surface area contributed by atoms with Crippen molar-refractivity contribution in [3.63, 3.8) is 0 Å². The van der Waals surface area contributed by atoms with Gasteiger partial charge in [0.1, 0.15) is 6.04 Å². The predicted molar refractivity (Wildman–Crippen MR) is 103 cm³/mol. The van der Waals surface area contributed by atoms with E-state index in [1.54, 1.807) is 33.5 Å². The molecular weight excluding hydrogens is 346 g/mol. The lowest BCUT2D eigenvalue weighted by atomic mass is 9.92. The molecule has 2 aromatic rings. The number of phenolic OH excluding ortho intramolecular Hbond substituents is 1. The van der Waals surface area contributed by atoms with Crippen LogP contribution in [-0.2, 0) is 6.42 Å². The predicted octanol–water partition coefficient (Wildman–Crippen LogP) is 2.42. The molecule has 27 heavy (non-hydrogen) atoms. The number of rotatable bonds is 5. The van der Waals surface area contributed by atoms with E-state index in [1.165, 1.54) is 7.11 Å². The molecule has 0 spiro atoms. The Hall–Kier alpha value is -2.86. The second kappa shape index (κ2) is 7.80. The summed E-state index contributed by atoms with van der Waals surface area (Å²) in [6.07, 6.45) is 3.80. The maximum Gasteiger partial charge on any atom is 0.203 e. The van der Waals surface area contributed by atoms with Crippen LogP contribution in [0, 0.1) is 0 Å². The van der Waals surface area contributed by atoms with E-state index >= 15 is 0 Å². The summed E-state index contributed by atoms with van der Waals surface area (Å²) in [7, 11) is 6.37. The summed E-state index contributed by atoms with van der Waals surface area (Å²) >= 11 is 0. The van der Waals surface area contributed by atoms with Crippen molar-refractivity contribution in [2.24, 2.45) is 0 Å². The molecular formula is C21H26NO5+. The lowest BCUT2D eigenvalue weighted by Crippen LogP contribution is -2.59. The molecule has 3 rings (SSSR count). The Kier molecular flexibility index (Phi) is 5.46. The molecule has 0 fully saturated rings. The zero-order valence-corrected chi connectivity index (χ0v) is 16.2. The van der Waals surface area contributed by atoms with Crippen molar-refractivity contribution >= 4 is 5.57 Å². The van der Waals surface area contributed by atoms with E-state index in [9.17, 15) is 5.11 Å². The van der Waals surface area contributed by atoms with Gasteiger partial charge in [-0.05, 0) is 47.4 Å². The third-order valence-corrected chi connectivity index (χ3v) is 4.88. The van der Waals surface area contributed by atoms with Crippen LogP contribution in [-0.4, -0.2) is 39.6 Å². The van der Waals surface area contributed by atoms with Crippen molar-refractivity contribution in [3.05, 3.63) is 47.0 Å². The van der Waals surface area contributed by atoms with E-state index in [-0.39, 0.29) is 11.8 Å². The molecule has 1 aliphatic carbocycles. The Morgan fingerprint density at radius 3 is 2.22 bits per heavy atom. The molecule has 0 aliphatic heterocycles. The van der Waals surface area contributed by atoms with Gasteiger partial charge >= 0.3 is 0 Å². The highest BCUT2D eigenvalue weighted by molar-refractivity contribution is 5.86. The zero-order valence-electron chi connectivity index (χ0n) is 16.2. The van der Waals surface area contributed by atoms with E-state index in [0.29, 0.717) is 23.0 Å². The van der Waals surface area contributed by atoms with Crippen molar-refractivity contribution < 1.29 is 29.8 Å². The van der Waals surface area contributed by atoms with Crippen LogP contribution in [0.2, 0.25) is 0 Å². The van der Waals surface area contributed by atoms with Gasteiger partial charge in [0.2, 0.25) is 5.75 Å². The van der Waals surface area contributed by atoms with Gasteiger partial charge in [-0.1, -0.05) is 6.07 Å². The van der Waals surface area contributed by atoms with Crippen LogP contribution in [0.5, 0.6) is 28.7 Å². The van der Waals surface area contributed by atoms with Gasteiger partial charge in [-0.2, -0.15) is 0 Å². The summed E-state index contributed by atoms with van der Waals surface area (Å²) < 4.78 is 21.9. The van der Waals surface area contributed by atoms with Crippen LogP contribution in [0.25, 0.3) is 5.57 Å². The average molecular weight is 372 g/mol. The fourth-order valence-corrected chi connectivity index (χ4v) is 3.55. The standard InChI is InChI=1S/C21H25NO5/c1-24-18-8-5-12(9-17(18)23)15-10-13(22)6-7-14-16(15)11-19(25-2)21(27-4)20(14)26-3/h5,8-11,13,23H,6-7,22H2,1-4H3/p+1. The van der Waals surface area contributed by atoms with Crippen molar-refractivity contribution in [2.75, 3.05) is 28.4 Å². The molecule has 4 N–H and O–H groups in total. The van der Waals surface area contributed by atoms with Gasteiger partial charge in [-0.25, -0.2) is 0 Å². The number of fused-ring (bicyclic) bond motifs is 1. The topological polar surface area (TPSA) is 84.8 Å². The molecule has 0 saturated heterocycles. The highest BCUT2D eigenvalue weighted by Crippen LogP contribution is 2.47. The highest BCUT2D eigenvalue weighted by atomic mass is 16.5. The van der Waals surface area contributed by atoms with Crippen LogP contribution in [0.3, 0.4) is 0 Å². The van der Waals surface area contributed by atoms with Crippen molar-refractivity contribution in [1.29, 1.82) is 0 Å². The second-order valence-corrected chi connectivity index (χ2v) is 6.44. The first-order valence-electron chi connectivity index (χ1n) is 8.78. The molecule has 0 saturated carbocycles. The molecule has 144 valence electrons. The van der Waals surface area contributed by atoms with Gasteiger partial charge in [0.05, 0.1) is 28.4 Å². The number of benzene rings is 2. The molecule has 0 radical (unpaired) electrons. The van der Waals surface area contributed by atoms with Gasteiger partial charge in [0.25, 0.3) is 0 Å². The summed E-state index contributed by atoms with van der Waals surface area (Å²) in [6.45, 7) is 0. The molecule has 6 heteroatoms. The Labute approximate surface area is 159 Å². The minimum absolute atomic E-state index is 0.0924. The third kappa shape index (κ3) is 3.40. The molecule has 0 amide bonds. The summed E-state index contributed by atoms with van der Waals surface area (Å²) in [6, 6.07) is 7.47. The molecule has 1 aliphatic rings. The van der Waals surface area contributed by atoms with E-state index < -0.39 is 0 Å². The Balaban J connectivity index is 2.26. The van der Waals surface area contributed by atoms with E-state index in [4.69, 9.17) is 18.9 Å². The van der Waals surface area contributed by atoms with Crippen LogP contribution in [0.1, 0.15) is 23.1 Å². The largest absolute Gasteiger partial charge is 0.504 e. The lowest BCUT2D eigenvalue weighted by Gasteiger charge is -2.20. The summed E-state index contributed by atoms with van der Waals surface area (Å²) in [4.78, 5) is 0. The number of ether oxygens (including phenoxy) is 4. The number of methoxy groups -OCH3 is 4. The monoisotopic (exact) mass is 372 g/mol. The number of hydrogen-bond acceptors (Lipinski definition) is 5. The molecule has 1 unspecified atom stereocenters. The van der Waals surface area contributed by atoms with Gasteiger partial charge in [-0.15, -0.1) is 0 Å². The van der Waals surface area contributed by atoms with Crippen molar-refractivity contribution in [3.8, 4) is 28.7 Å². The Morgan fingerprint density at radius 1 is 0.926 bits per heavy atom. The molecule has 0 heterocycles. The molecule has 0 aromatic heterocycles. The van der Waals surface area contributed by atoms with Gasteiger partial charge in [-0.3, -0.25) is 0 Å².